The Morgan fingerprint density at radius 3 is 2.80 bits per heavy atom. The summed E-state index contributed by atoms with van der Waals surface area (Å²) in [6.45, 7) is 6.71. The molecule has 3 heterocycles. The van der Waals surface area contributed by atoms with Crippen molar-refractivity contribution in [2.45, 2.75) is 32.4 Å². The molecule has 7 heteroatoms. The molecule has 2 N–H and O–H groups in total. The van der Waals surface area contributed by atoms with Crippen LogP contribution in [0.4, 0.5) is 0 Å². The molecule has 0 bridgehead atoms. The highest BCUT2D eigenvalue weighted by Gasteiger charge is 2.25. The number of hydrogen-bond acceptors (Lipinski definition) is 4. The van der Waals surface area contributed by atoms with Crippen LogP contribution in [0.3, 0.4) is 0 Å². The van der Waals surface area contributed by atoms with Gasteiger partial charge in [0.05, 0.1) is 18.8 Å². The minimum atomic E-state index is 0. The number of nitrogens with one attached hydrogen (secondary N) is 2. The fourth-order valence-corrected chi connectivity index (χ4v) is 3.69. The first-order chi connectivity index (χ1) is 11.9. The summed E-state index contributed by atoms with van der Waals surface area (Å²) < 4.78 is 5.68. The Morgan fingerprint density at radius 1 is 1.32 bits per heavy atom. The van der Waals surface area contributed by atoms with Gasteiger partial charge in [0.15, 0.2) is 5.96 Å². The van der Waals surface area contributed by atoms with Crippen molar-refractivity contribution < 1.29 is 4.42 Å². The second-order valence-corrected chi connectivity index (χ2v) is 6.76. The number of thiophene rings is 1. The van der Waals surface area contributed by atoms with Gasteiger partial charge < -0.3 is 15.1 Å². The predicted octanol–water partition coefficient (Wildman–Crippen LogP) is 3.85. The summed E-state index contributed by atoms with van der Waals surface area (Å²) in [5.74, 6) is 1.89. The Bertz CT molecular complexity index is 609. The molecule has 1 fully saturated rings. The molecular weight excluding hydrogens is 447 g/mol. The molecular formula is C18H27IN4OS. The van der Waals surface area contributed by atoms with E-state index in [1.54, 1.807) is 17.6 Å². The minimum Gasteiger partial charge on any atom is -0.468 e. The molecule has 1 aliphatic heterocycles. The van der Waals surface area contributed by atoms with Gasteiger partial charge in [-0.2, -0.15) is 11.3 Å². The molecule has 3 rings (SSSR count). The Morgan fingerprint density at radius 2 is 2.16 bits per heavy atom. The molecule has 2 aromatic rings. The lowest BCUT2D eigenvalue weighted by atomic mass is 10.2. The summed E-state index contributed by atoms with van der Waals surface area (Å²) in [5, 5.41) is 11.0. The SMILES string of the molecule is CCNC(=NCc1ccsc1)NCC(c1ccco1)N1CCCC1.I. The van der Waals surface area contributed by atoms with E-state index in [0.717, 1.165) is 37.9 Å². The third-order valence-corrected chi connectivity index (χ3v) is 4.99. The topological polar surface area (TPSA) is 52.8 Å². The molecule has 1 unspecified atom stereocenters. The van der Waals surface area contributed by atoms with Crippen LogP contribution in [0.25, 0.3) is 0 Å². The molecule has 1 saturated heterocycles. The van der Waals surface area contributed by atoms with Gasteiger partial charge >= 0.3 is 0 Å². The second-order valence-electron chi connectivity index (χ2n) is 5.98. The zero-order chi connectivity index (χ0) is 16.6. The molecule has 0 spiro atoms. The highest BCUT2D eigenvalue weighted by atomic mass is 127. The van der Waals surface area contributed by atoms with Crippen LogP contribution >= 0.6 is 35.3 Å². The quantitative estimate of drug-likeness (QED) is 0.364. The molecule has 1 atom stereocenters. The summed E-state index contributed by atoms with van der Waals surface area (Å²) in [4.78, 5) is 7.18. The van der Waals surface area contributed by atoms with E-state index in [1.165, 1.54) is 18.4 Å². The van der Waals surface area contributed by atoms with Gasteiger partial charge in [0.1, 0.15) is 5.76 Å². The number of nitrogens with zero attached hydrogens (tertiary/aromatic N) is 2. The largest absolute Gasteiger partial charge is 0.468 e. The van der Waals surface area contributed by atoms with Crippen molar-refractivity contribution in [3.63, 3.8) is 0 Å². The first kappa shape index (κ1) is 20.3. The van der Waals surface area contributed by atoms with Crippen LogP contribution in [0.15, 0.2) is 44.6 Å². The molecule has 0 saturated carbocycles. The van der Waals surface area contributed by atoms with Gasteiger partial charge in [-0.05, 0) is 67.4 Å². The first-order valence-electron chi connectivity index (χ1n) is 8.67. The zero-order valence-corrected chi connectivity index (χ0v) is 17.8. The number of aliphatic imine (C=N–C) groups is 1. The number of rotatable bonds is 7. The maximum absolute atomic E-state index is 5.68. The first-order valence-corrected chi connectivity index (χ1v) is 9.62. The minimum absolute atomic E-state index is 0. The van der Waals surface area contributed by atoms with Gasteiger partial charge in [-0.3, -0.25) is 4.90 Å². The van der Waals surface area contributed by atoms with Crippen molar-refractivity contribution in [3.8, 4) is 0 Å². The molecule has 0 aliphatic carbocycles. The van der Waals surface area contributed by atoms with Crippen molar-refractivity contribution in [1.29, 1.82) is 0 Å². The average molecular weight is 474 g/mol. The van der Waals surface area contributed by atoms with E-state index >= 15 is 0 Å². The Hall–Kier alpha value is -1.06. The van der Waals surface area contributed by atoms with Gasteiger partial charge in [0.2, 0.25) is 0 Å². The molecule has 0 aromatic carbocycles. The van der Waals surface area contributed by atoms with Crippen LogP contribution in [-0.2, 0) is 6.54 Å². The summed E-state index contributed by atoms with van der Waals surface area (Å²) in [6.07, 6.45) is 4.29. The maximum atomic E-state index is 5.68. The maximum Gasteiger partial charge on any atom is 0.191 e. The van der Waals surface area contributed by atoms with Gasteiger partial charge in [0, 0.05) is 13.1 Å². The lowest BCUT2D eigenvalue weighted by molar-refractivity contribution is 0.215. The average Bonchev–Trinajstić information content (AvgIpc) is 3.35. The summed E-state index contributed by atoms with van der Waals surface area (Å²) >= 11 is 1.71. The number of halogens is 1. The third kappa shape index (κ3) is 6.00. The molecule has 5 nitrogen and oxygen atoms in total. The molecule has 25 heavy (non-hydrogen) atoms. The van der Waals surface area contributed by atoms with Gasteiger partial charge in [-0.25, -0.2) is 4.99 Å². The van der Waals surface area contributed by atoms with Crippen molar-refractivity contribution in [3.05, 3.63) is 46.5 Å². The van der Waals surface area contributed by atoms with Crippen LogP contribution in [0.5, 0.6) is 0 Å². The monoisotopic (exact) mass is 474 g/mol. The number of guanidine groups is 1. The van der Waals surface area contributed by atoms with E-state index in [2.05, 4.69) is 50.3 Å². The number of likely N-dealkylation sites (tertiary alicyclic amines) is 1. The highest BCUT2D eigenvalue weighted by molar-refractivity contribution is 14.0. The van der Waals surface area contributed by atoms with E-state index in [4.69, 9.17) is 4.42 Å². The molecule has 0 radical (unpaired) electrons. The Kier molecular flexibility index (Phi) is 8.77. The smallest absolute Gasteiger partial charge is 0.191 e. The molecule has 138 valence electrons. The van der Waals surface area contributed by atoms with E-state index in [0.29, 0.717) is 6.54 Å². The molecule has 1 aliphatic rings. The summed E-state index contributed by atoms with van der Waals surface area (Å²) in [5.41, 5.74) is 1.25. The second kappa shape index (κ2) is 10.8. The van der Waals surface area contributed by atoms with E-state index in [9.17, 15) is 0 Å². The lowest BCUT2D eigenvalue weighted by Gasteiger charge is -2.26. The van der Waals surface area contributed by atoms with Crippen LogP contribution in [0, 0.1) is 0 Å². The molecule has 2 aromatic heterocycles. The number of hydrogen-bond donors (Lipinski definition) is 2. The summed E-state index contributed by atoms with van der Waals surface area (Å²) in [6, 6.07) is 6.41. The van der Waals surface area contributed by atoms with Crippen LogP contribution in [-0.4, -0.2) is 37.0 Å². The van der Waals surface area contributed by atoms with Crippen LogP contribution < -0.4 is 10.6 Å². The Labute approximate surface area is 170 Å². The van der Waals surface area contributed by atoms with Gasteiger partial charge in [0.25, 0.3) is 0 Å². The lowest BCUT2D eigenvalue weighted by Crippen LogP contribution is -2.42. The van der Waals surface area contributed by atoms with Crippen molar-refractivity contribution in [1.82, 2.24) is 15.5 Å². The van der Waals surface area contributed by atoms with Crippen molar-refractivity contribution in [2.24, 2.45) is 4.99 Å². The van der Waals surface area contributed by atoms with E-state index < -0.39 is 0 Å². The van der Waals surface area contributed by atoms with E-state index in [1.807, 2.05) is 6.07 Å². The fourth-order valence-electron chi connectivity index (χ4n) is 3.03. The number of furan rings is 1. The van der Waals surface area contributed by atoms with Crippen molar-refractivity contribution in [2.75, 3.05) is 26.2 Å². The van der Waals surface area contributed by atoms with Gasteiger partial charge in [-0.15, -0.1) is 24.0 Å². The van der Waals surface area contributed by atoms with Crippen LogP contribution in [0.1, 0.15) is 37.1 Å². The highest BCUT2D eigenvalue weighted by Crippen LogP contribution is 2.24. The van der Waals surface area contributed by atoms with E-state index in [-0.39, 0.29) is 30.0 Å². The van der Waals surface area contributed by atoms with Crippen LogP contribution in [0.2, 0.25) is 0 Å². The fraction of sp³-hybridized carbons (Fsp3) is 0.500. The summed E-state index contributed by atoms with van der Waals surface area (Å²) in [7, 11) is 0. The third-order valence-electron chi connectivity index (χ3n) is 4.26. The molecule has 0 amide bonds. The standard InChI is InChI=1S/C18H26N4OS.HI/c1-2-19-18(20-12-15-7-11-24-14-15)21-13-16(17-6-5-10-23-17)22-8-3-4-9-22;/h5-7,10-11,14,16H,2-4,8-9,12-13H2,1H3,(H2,19,20,21);1H. The Balaban J connectivity index is 0.00000225. The normalized spacial score (nSPS) is 16.4. The van der Waals surface area contributed by atoms with Gasteiger partial charge in [-0.1, -0.05) is 0 Å². The zero-order valence-electron chi connectivity index (χ0n) is 14.6. The van der Waals surface area contributed by atoms with Crippen molar-refractivity contribution >= 4 is 41.3 Å². The predicted molar refractivity (Wildman–Crippen MR) is 115 cm³/mol.